The van der Waals surface area contributed by atoms with E-state index < -0.39 is 22.0 Å². The number of rotatable bonds is 9. The lowest BCUT2D eigenvalue weighted by molar-refractivity contribution is -0.137. The van der Waals surface area contributed by atoms with Crippen molar-refractivity contribution in [3.63, 3.8) is 0 Å². The summed E-state index contributed by atoms with van der Waals surface area (Å²) in [6.45, 7) is 7.56. The summed E-state index contributed by atoms with van der Waals surface area (Å²) >= 11 is 1.07. The lowest BCUT2D eigenvalue weighted by Crippen LogP contribution is -2.34. The van der Waals surface area contributed by atoms with Crippen molar-refractivity contribution in [3.8, 4) is 0 Å². The number of carbonyl (C=O) groups excluding carboxylic acids is 2. The summed E-state index contributed by atoms with van der Waals surface area (Å²) in [5.41, 5.74) is 1.08. The smallest absolute Gasteiger partial charge is 0.350 e. The Balaban J connectivity index is 2.69. The van der Waals surface area contributed by atoms with E-state index in [1.807, 2.05) is 20.8 Å². The number of carbonyl (C=O) groups is 2. The van der Waals surface area contributed by atoms with Gasteiger partial charge in [0, 0.05) is 13.2 Å². The second-order valence-corrected chi connectivity index (χ2v) is 10.7. The third kappa shape index (κ3) is 6.21. The largest absolute Gasteiger partial charge is 0.465 e. The Morgan fingerprint density at radius 3 is 2.42 bits per heavy atom. The molecule has 0 saturated carbocycles. The van der Waals surface area contributed by atoms with E-state index in [0.29, 0.717) is 5.56 Å². The summed E-state index contributed by atoms with van der Waals surface area (Å²) in [6.07, 6.45) is 2.61. The van der Waals surface area contributed by atoms with Crippen molar-refractivity contribution >= 4 is 45.1 Å². The number of esters is 2. The zero-order valence-corrected chi connectivity index (χ0v) is 21.2. The lowest BCUT2D eigenvalue weighted by atomic mass is 9.86. The summed E-state index contributed by atoms with van der Waals surface area (Å²) in [6, 6.07) is 6.47. The van der Waals surface area contributed by atoms with Crippen LogP contribution >= 0.6 is 11.3 Å². The van der Waals surface area contributed by atoms with Crippen molar-refractivity contribution in [1.82, 2.24) is 0 Å². The zero-order chi connectivity index (χ0) is 24.8. The molecule has 2 aromatic rings. The van der Waals surface area contributed by atoms with Crippen LogP contribution in [0.25, 0.3) is 6.08 Å². The molecule has 2 rings (SSSR count). The Bertz CT molecular complexity index is 1130. The summed E-state index contributed by atoms with van der Waals surface area (Å²) in [7, 11) is -1.61. The molecule has 33 heavy (non-hydrogen) atoms. The van der Waals surface area contributed by atoms with Crippen LogP contribution in [-0.4, -0.2) is 47.9 Å². The fraction of sp³-hybridized carbons (Fsp3) is 0.391. The minimum absolute atomic E-state index is 0.0462. The molecule has 0 radical (unpaired) electrons. The molecule has 0 bridgehead atoms. The molecule has 0 N–H and O–H groups in total. The minimum atomic E-state index is -4.20. The van der Waals surface area contributed by atoms with Crippen molar-refractivity contribution in [2.75, 3.05) is 31.9 Å². The number of sulfonamides is 1. The van der Waals surface area contributed by atoms with E-state index in [9.17, 15) is 18.0 Å². The van der Waals surface area contributed by atoms with Gasteiger partial charge in [0.25, 0.3) is 10.0 Å². The van der Waals surface area contributed by atoms with Gasteiger partial charge in [-0.15, -0.1) is 11.3 Å². The van der Waals surface area contributed by atoms with Crippen LogP contribution in [0.2, 0.25) is 0 Å². The van der Waals surface area contributed by atoms with Gasteiger partial charge < -0.3 is 14.2 Å². The molecule has 0 spiro atoms. The SMILES string of the molecule is CCOC(=O)/C=C/c1cc(C(C)(C)C)ccc1S(=O)(=O)N(COC)c1ccsc1C(=O)OC. The first kappa shape index (κ1) is 26.6. The summed E-state index contributed by atoms with van der Waals surface area (Å²) in [5.74, 6) is -1.23. The first-order valence-electron chi connectivity index (χ1n) is 10.1. The number of anilines is 1. The number of nitrogens with zero attached hydrogens (tertiary/aromatic N) is 1. The molecule has 180 valence electrons. The van der Waals surface area contributed by atoms with Crippen molar-refractivity contribution in [2.24, 2.45) is 0 Å². The van der Waals surface area contributed by atoms with Gasteiger partial charge in [-0.25, -0.2) is 22.3 Å². The van der Waals surface area contributed by atoms with E-state index >= 15 is 0 Å². The highest BCUT2D eigenvalue weighted by atomic mass is 32.2. The molecule has 0 atom stereocenters. The van der Waals surface area contributed by atoms with E-state index in [-0.39, 0.29) is 34.2 Å². The van der Waals surface area contributed by atoms with Gasteiger partial charge in [-0.3, -0.25) is 0 Å². The number of hydrogen-bond acceptors (Lipinski definition) is 8. The van der Waals surface area contributed by atoms with E-state index in [0.717, 1.165) is 21.2 Å². The van der Waals surface area contributed by atoms with Gasteiger partial charge in [-0.2, -0.15) is 0 Å². The van der Waals surface area contributed by atoms with Crippen molar-refractivity contribution in [3.05, 3.63) is 51.7 Å². The molecule has 8 nitrogen and oxygen atoms in total. The van der Waals surface area contributed by atoms with Gasteiger partial charge in [0.15, 0.2) is 0 Å². The molecule has 0 aliphatic carbocycles. The monoisotopic (exact) mass is 495 g/mol. The summed E-state index contributed by atoms with van der Waals surface area (Å²) in [4.78, 5) is 24.2. The van der Waals surface area contributed by atoms with Crippen molar-refractivity contribution in [2.45, 2.75) is 38.0 Å². The van der Waals surface area contributed by atoms with Crippen LogP contribution in [0.15, 0.2) is 40.6 Å². The minimum Gasteiger partial charge on any atom is -0.465 e. The number of ether oxygens (including phenoxy) is 3. The first-order valence-corrected chi connectivity index (χ1v) is 12.5. The Labute approximate surface area is 198 Å². The van der Waals surface area contributed by atoms with Gasteiger partial charge >= 0.3 is 11.9 Å². The molecule has 0 unspecified atom stereocenters. The van der Waals surface area contributed by atoms with Gasteiger partial charge in [0.2, 0.25) is 0 Å². The first-order chi connectivity index (χ1) is 15.5. The van der Waals surface area contributed by atoms with Gasteiger partial charge in [-0.05, 0) is 53.1 Å². The fourth-order valence-electron chi connectivity index (χ4n) is 2.98. The highest BCUT2D eigenvalue weighted by Gasteiger charge is 2.32. The zero-order valence-electron chi connectivity index (χ0n) is 19.6. The number of benzene rings is 1. The lowest BCUT2D eigenvalue weighted by Gasteiger charge is -2.26. The molecule has 1 aromatic heterocycles. The second kappa shape index (κ2) is 11.0. The van der Waals surface area contributed by atoms with Crippen LogP contribution in [0.3, 0.4) is 0 Å². The van der Waals surface area contributed by atoms with Gasteiger partial charge in [0.1, 0.15) is 11.6 Å². The summed E-state index contributed by atoms with van der Waals surface area (Å²) in [5, 5.41) is 1.60. The molecule has 1 aromatic carbocycles. The molecule has 0 amide bonds. The molecular formula is C23H29NO7S2. The highest BCUT2D eigenvalue weighted by molar-refractivity contribution is 7.93. The second-order valence-electron chi connectivity index (χ2n) is 7.99. The van der Waals surface area contributed by atoms with E-state index in [4.69, 9.17) is 14.2 Å². The maximum absolute atomic E-state index is 13.8. The fourth-order valence-corrected chi connectivity index (χ4v) is 5.40. The van der Waals surface area contributed by atoms with Crippen LogP contribution in [0.4, 0.5) is 5.69 Å². The molecule has 0 aliphatic heterocycles. The summed E-state index contributed by atoms with van der Waals surface area (Å²) < 4.78 is 43.5. The maximum atomic E-state index is 13.8. The van der Waals surface area contributed by atoms with E-state index in [1.165, 1.54) is 38.5 Å². The Hall–Kier alpha value is -2.69. The van der Waals surface area contributed by atoms with Gasteiger partial charge in [0.05, 0.1) is 24.3 Å². The quantitative estimate of drug-likeness (QED) is 0.292. The van der Waals surface area contributed by atoms with Crippen molar-refractivity contribution in [1.29, 1.82) is 0 Å². The molecule has 0 fully saturated rings. The normalized spacial score (nSPS) is 12.1. The van der Waals surface area contributed by atoms with Crippen LogP contribution in [0, 0.1) is 0 Å². The molecule has 10 heteroatoms. The highest BCUT2D eigenvalue weighted by Crippen LogP contribution is 2.34. The van der Waals surface area contributed by atoms with E-state index in [1.54, 1.807) is 24.4 Å². The molecule has 0 aliphatic rings. The predicted octanol–water partition coefficient (Wildman–Crippen LogP) is 4.21. The number of hydrogen-bond donors (Lipinski definition) is 0. The Morgan fingerprint density at radius 2 is 1.85 bits per heavy atom. The van der Waals surface area contributed by atoms with Gasteiger partial charge in [-0.1, -0.05) is 26.8 Å². The number of thiophene rings is 1. The molecule has 1 heterocycles. The van der Waals surface area contributed by atoms with Crippen LogP contribution < -0.4 is 4.31 Å². The molecular weight excluding hydrogens is 466 g/mol. The third-order valence-corrected chi connectivity index (χ3v) is 7.35. The topological polar surface area (TPSA) is 99.2 Å². The Kier molecular flexibility index (Phi) is 8.82. The van der Waals surface area contributed by atoms with E-state index in [2.05, 4.69) is 0 Å². The number of methoxy groups -OCH3 is 2. The predicted molar refractivity (Wildman–Crippen MR) is 128 cm³/mol. The average molecular weight is 496 g/mol. The van der Waals surface area contributed by atoms with Crippen LogP contribution in [0.1, 0.15) is 48.5 Å². The Morgan fingerprint density at radius 1 is 1.15 bits per heavy atom. The molecule has 0 saturated heterocycles. The maximum Gasteiger partial charge on any atom is 0.350 e. The third-order valence-electron chi connectivity index (χ3n) is 4.66. The average Bonchev–Trinajstić information content (AvgIpc) is 3.24. The van der Waals surface area contributed by atoms with Crippen molar-refractivity contribution < 1.29 is 32.2 Å². The van der Waals surface area contributed by atoms with Crippen LogP contribution in [-0.2, 0) is 34.4 Å². The standard InChI is InChI=1S/C23H29NO7S2/c1-7-31-20(25)11-8-16-14-17(23(2,3)4)9-10-19(16)33(27,28)24(15-29-5)18-12-13-32-21(18)22(26)30-6/h8-14H,7,15H2,1-6H3/b11-8+. The van der Waals surface area contributed by atoms with Crippen LogP contribution in [0.5, 0.6) is 0 Å².